The fourth-order valence-electron chi connectivity index (χ4n) is 4.15. The normalized spacial score (nSPS) is 20.9. The highest BCUT2D eigenvalue weighted by molar-refractivity contribution is 7.89. The van der Waals surface area contributed by atoms with E-state index < -0.39 is 10.0 Å². The molecule has 0 aromatic heterocycles. The molecule has 25 heavy (non-hydrogen) atoms. The Labute approximate surface area is 151 Å². The number of nitrogens with one attached hydrogen (secondary N) is 1. The Morgan fingerprint density at radius 2 is 1.84 bits per heavy atom. The van der Waals surface area contributed by atoms with Crippen LogP contribution in [0.5, 0.6) is 5.75 Å². The molecule has 2 fully saturated rings. The minimum atomic E-state index is -3.46. The number of rotatable bonds is 6. The molecule has 0 unspecified atom stereocenters. The minimum absolute atomic E-state index is 0.344. The highest BCUT2D eigenvalue weighted by Crippen LogP contribution is 2.28. The van der Waals surface area contributed by atoms with Gasteiger partial charge in [-0.1, -0.05) is 12.8 Å². The molecule has 0 bridgehead atoms. The lowest BCUT2D eigenvalue weighted by atomic mass is 9.96. The van der Waals surface area contributed by atoms with Crippen molar-refractivity contribution in [2.75, 3.05) is 26.7 Å². The Kier molecular flexibility index (Phi) is 6.02. The maximum atomic E-state index is 12.6. The van der Waals surface area contributed by atoms with Crippen LogP contribution >= 0.6 is 0 Å². The van der Waals surface area contributed by atoms with Gasteiger partial charge in [0.15, 0.2) is 0 Å². The van der Waals surface area contributed by atoms with Crippen molar-refractivity contribution in [3.63, 3.8) is 0 Å². The molecule has 1 aliphatic carbocycles. The van der Waals surface area contributed by atoms with Crippen molar-refractivity contribution < 1.29 is 13.2 Å². The summed E-state index contributed by atoms with van der Waals surface area (Å²) in [5, 5.41) is 0. The smallest absolute Gasteiger partial charge is 0.240 e. The highest BCUT2D eigenvalue weighted by atomic mass is 32.2. The van der Waals surface area contributed by atoms with E-state index in [9.17, 15) is 8.42 Å². The number of sulfonamides is 1. The van der Waals surface area contributed by atoms with Crippen LogP contribution in [0, 0.1) is 12.8 Å². The van der Waals surface area contributed by atoms with Crippen LogP contribution in [0.25, 0.3) is 0 Å². The molecule has 0 atom stereocenters. The van der Waals surface area contributed by atoms with Crippen LogP contribution in [0.15, 0.2) is 23.1 Å². The van der Waals surface area contributed by atoms with Gasteiger partial charge in [-0.15, -0.1) is 0 Å². The summed E-state index contributed by atoms with van der Waals surface area (Å²) in [5.74, 6) is 1.11. The van der Waals surface area contributed by atoms with Crippen molar-refractivity contribution in [3.8, 4) is 5.75 Å². The molecule has 1 N–H and O–H groups in total. The standard InChI is InChI=1S/C19H30N2O3S/c1-15-13-18(24-2)7-8-19(15)25(22,23)20-14-16-9-11-21(12-10-16)17-5-3-4-6-17/h7-8,13,16-17,20H,3-6,9-12,14H2,1-2H3. The number of ether oxygens (including phenoxy) is 1. The van der Waals surface area contributed by atoms with Crippen LogP contribution < -0.4 is 9.46 Å². The Morgan fingerprint density at radius 1 is 1.16 bits per heavy atom. The summed E-state index contributed by atoms with van der Waals surface area (Å²) in [6.07, 6.45) is 7.58. The predicted molar refractivity (Wildman–Crippen MR) is 99.5 cm³/mol. The summed E-state index contributed by atoms with van der Waals surface area (Å²) in [6.45, 7) is 4.56. The van der Waals surface area contributed by atoms with E-state index >= 15 is 0 Å². The third-order valence-corrected chi connectivity index (χ3v) is 7.31. The second-order valence-corrected chi connectivity index (χ2v) is 9.14. The van der Waals surface area contributed by atoms with Gasteiger partial charge in [0.25, 0.3) is 0 Å². The van der Waals surface area contributed by atoms with Crippen LogP contribution in [-0.2, 0) is 10.0 Å². The van der Waals surface area contributed by atoms with Crippen molar-refractivity contribution in [2.24, 2.45) is 5.92 Å². The van der Waals surface area contributed by atoms with Crippen LogP contribution in [0.3, 0.4) is 0 Å². The molecule has 0 spiro atoms. The van der Waals surface area contributed by atoms with Crippen molar-refractivity contribution in [1.29, 1.82) is 0 Å². The Balaban J connectivity index is 1.53. The summed E-state index contributed by atoms with van der Waals surface area (Å²) < 4.78 is 33.2. The number of aryl methyl sites for hydroxylation is 1. The molecule has 1 aromatic carbocycles. The maximum absolute atomic E-state index is 12.6. The van der Waals surface area contributed by atoms with Gasteiger partial charge in [-0.25, -0.2) is 13.1 Å². The first-order chi connectivity index (χ1) is 12.0. The van der Waals surface area contributed by atoms with Gasteiger partial charge in [0.1, 0.15) is 5.75 Å². The third kappa shape index (κ3) is 4.54. The van der Waals surface area contributed by atoms with Crippen LogP contribution in [0.4, 0.5) is 0 Å². The predicted octanol–water partition coefficient (Wildman–Crippen LogP) is 2.94. The highest BCUT2D eigenvalue weighted by Gasteiger charge is 2.28. The zero-order chi connectivity index (χ0) is 17.9. The lowest BCUT2D eigenvalue weighted by molar-refractivity contribution is 0.135. The number of likely N-dealkylation sites (tertiary alicyclic amines) is 1. The summed E-state index contributed by atoms with van der Waals surface area (Å²) in [6, 6.07) is 5.86. The number of methoxy groups -OCH3 is 1. The number of nitrogens with zero attached hydrogens (tertiary/aromatic N) is 1. The van der Waals surface area contributed by atoms with E-state index in [1.165, 1.54) is 25.7 Å². The van der Waals surface area contributed by atoms with Gasteiger partial charge in [-0.3, -0.25) is 0 Å². The molecule has 2 aliphatic rings. The van der Waals surface area contributed by atoms with Crippen molar-refractivity contribution in [2.45, 2.75) is 56.4 Å². The van der Waals surface area contributed by atoms with Crippen LogP contribution in [0.1, 0.15) is 44.1 Å². The van der Waals surface area contributed by atoms with Crippen molar-refractivity contribution in [1.82, 2.24) is 9.62 Å². The number of piperidine rings is 1. The van der Waals surface area contributed by atoms with E-state index in [-0.39, 0.29) is 0 Å². The zero-order valence-corrected chi connectivity index (χ0v) is 16.1. The lowest BCUT2D eigenvalue weighted by Crippen LogP contribution is -2.42. The Hall–Kier alpha value is -1.11. The molecule has 5 nitrogen and oxygen atoms in total. The van der Waals surface area contributed by atoms with E-state index in [4.69, 9.17) is 4.74 Å². The largest absolute Gasteiger partial charge is 0.497 e. The lowest BCUT2D eigenvalue weighted by Gasteiger charge is -2.36. The van der Waals surface area contributed by atoms with Gasteiger partial charge in [-0.05, 0) is 75.4 Å². The zero-order valence-electron chi connectivity index (χ0n) is 15.3. The average Bonchev–Trinajstić information content (AvgIpc) is 3.15. The second kappa shape index (κ2) is 8.06. The molecule has 1 aromatic rings. The SMILES string of the molecule is COc1ccc(S(=O)(=O)NCC2CCN(C3CCCC3)CC2)c(C)c1. The van der Waals surface area contributed by atoms with Gasteiger partial charge >= 0.3 is 0 Å². The molecule has 1 saturated heterocycles. The summed E-state index contributed by atoms with van der Waals surface area (Å²) >= 11 is 0. The second-order valence-electron chi connectivity index (χ2n) is 7.40. The minimum Gasteiger partial charge on any atom is -0.497 e. The number of hydrogen-bond donors (Lipinski definition) is 1. The van der Waals surface area contributed by atoms with E-state index in [0.29, 0.717) is 28.7 Å². The van der Waals surface area contributed by atoms with Crippen LogP contribution in [-0.4, -0.2) is 46.1 Å². The first kappa shape index (κ1) is 18.7. The molecule has 0 amide bonds. The van der Waals surface area contributed by atoms with Gasteiger partial charge in [-0.2, -0.15) is 0 Å². The van der Waals surface area contributed by atoms with Gasteiger partial charge in [0.05, 0.1) is 12.0 Å². The monoisotopic (exact) mass is 366 g/mol. The third-order valence-electron chi connectivity index (χ3n) is 5.72. The molecule has 1 aliphatic heterocycles. The van der Waals surface area contributed by atoms with Gasteiger partial charge in [0.2, 0.25) is 10.0 Å². The Morgan fingerprint density at radius 3 is 2.44 bits per heavy atom. The molecular weight excluding hydrogens is 336 g/mol. The molecule has 1 saturated carbocycles. The molecule has 6 heteroatoms. The summed E-state index contributed by atoms with van der Waals surface area (Å²) in [7, 11) is -1.88. The molecule has 140 valence electrons. The van der Waals surface area contributed by atoms with Gasteiger partial charge in [0, 0.05) is 12.6 Å². The topological polar surface area (TPSA) is 58.6 Å². The van der Waals surface area contributed by atoms with Crippen molar-refractivity contribution >= 4 is 10.0 Å². The summed E-state index contributed by atoms with van der Waals surface area (Å²) in [5.41, 5.74) is 0.711. The molecule has 3 rings (SSSR count). The van der Waals surface area contributed by atoms with E-state index in [1.807, 2.05) is 0 Å². The molecular formula is C19H30N2O3S. The van der Waals surface area contributed by atoms with E-state index in [0.717, 1.165) is 32.0 Å². The average molecular weight is 367 g/mol. The number of benzene rings is 1. The van der Waals surface area contributed by atoms with Crippen LogP contribution in [0.2, 0.25) is 0 Å². The van der Waals surface area contributed by atoms with Crippen molar-refractivity contribution in [3.05, 3.63) is 23.8 Å². The maximum Gasteiger partial charge on any atom is 0.240 e. The quantitative estimate of drug-likeness (QED) is 0.841. The fraction of sp³-hybridized carbons (Fsp3) is 0.684. The first-order valence-electron chi connectivity index (χ1n) is 9.38. The molecule has 0 radical (unpaired) electrons. The summed E-state index contributed by atoms with van der Waals surface area (Å²) in [4.78, 5) is 2.96. The number of hydrogen-bond acceptors (Lipinski definition) is 4. The van der Waals surface area contributed by atoms with Gasteiger partial charge < -0.3 is 9.64 Å². The van der Waals surface area contributed by atoms with E-state index in [1.54, 1.807) is 32.2 Å². The fourth-order valence-corrected chi connectivity index (χ4v) is 5.49. The molecule has 1 heterocycles. The first-order valence-corrected chi connectivity index (χ1v) is 10.9. The van der Waals surface area contributed by atoms with E-state index in [2.05, 4.69) is 9.62 Å². The Bertz CT molecular complexity index is 676.